The van der Waals surface area contributed by atoms with Crippen LogP contribution >= 0.6 is 0 Å². The van der Waals surface area contributed by atoms with E-state index in [-0.39, 0.29) is 24.5 Å². The Hall–Kier alpha value is -2.82. The van der Waals surface area contributed by atoms with Gasteiger partial charge in [-0.15, -0.1) is 0 Å². The molecule has 2 aromatic carbocycles. The molecule has 2 N–H and O–H groups in total. The van der Waals surface area contributed by atoms with Gasteiger partial charge in [0.15, 0.2) is 6.61 Å². The standard InChI is InChI=1S/C20H24N2O3/c1-14-6-4-5-7-17(14)12-15(2)21-20(24)13-25-19-10-8-18(9-11-19)22-16(3)23/h4-11,15H,12-13H2,1-3H3,(H,21,24)(H,22,23). The Balaban J connectivity index is 1.78. The number of ether oxygens (including phenoxy) is 1. The summed E-state index contributed by atoms with van der Waals surface area (Å²) in [5, 5.41) is 5.62. The number of aryl methyl sites for hydroxylation is 1. The van der Waals surface area contributed by atoms with E-state index in [4.69, 9.17) is 4.74 Å². The van der Waals surface area contributed by atoms with Crippen LogP contribution in [-0.4, -0.2) is 24.5 Å². The molecule has 0 saturated heterocycles. The molecule has 2 amide bonds. The summed E-state index contributed by atoms with van der Waals surface area (Å²) < 4.78 is 5.48. The van der Waals surface area contributed by atoms with E-state index in [1.807, 2.05) is 19.1 Å². The number of carbonyl (C=O) groups excluding carboxylic acids is 2. The maximum absolute atomic E-state index is 12.0. The van der Waals surface area contributed by atoms with Crippen molar-refractivity contribution in [1.82, 2.24) is 5.32 Å². The zero-order chi connectivity index (χ0) is 18.2. The summed E-state index contributed by atoms with van der Waals surface area (Å²) >= 11 is 0. The van der Waals surface area contributed by atoms with Crippen LogP contribution in [0.15, 0.2) is 48.5 Å². The zero-order valence-corrected chi connectivity index (χ0v) is 14.8. The Labute approximate surface area is 148 Å². The first-order chi connectivity index (χ1) is 11.9. The smallest absolute Gasteiger partial charge is 0.258 e. The van der Waals surface area contributed by atoms with Gasteiger partial charge < -0.3 is 15.4 Å². The van der Waals surface area contributed by atoms with Crippen molar-refractivity contribution in [2.75, 3.05) is 11.9 Å². The molecule has 0 bridgehead atoms. The molecule has 0 spiro atoms. The number of benzene rings is 2. The summed E-state index contributed by atoms with van der Waals surface area (Å²) in [5.74, 6) is 0.290. The highest BCUT2D eigenvalue weighted by atomic mass is 16.5. The van der Waals surface area contributed by atoms with Crippen molar-refractivity contribution >= 4 is 17.5 Å². The quantitative estimate of drug-likeness (QED) is 0.814. The molecule has 0 aliphatic carbocycles. The highest BCUT2D eigenvalue weighted by Crippen LogP contribution is 2.15. The average molecular weight is 340 g/mol. The molecule has 0 aromatic heterocycles. The number of anilines is 1. The van der Waals surface area contributed by atoms with E-state index in [2.05, 4.69) is 29.7 Å². The summed E-state index contributed by atoms with van der Waals surface area (Å²) in [6.45, 7) is 5.45. The Morgan fingerprint density at radius 3 is 2.40 bits per heavy atom. The van der Waals surface area contributed by atoms with Crippen LogP contribution in [-0.2, 0) is 16.0 Å². The van der Waals surface area contributed by atoms with Gasteiger partial charge in [-0.3, -0.25) is 9.59 Å². The molecule has 5 heteroatoms. The van der Waals surface area contributed by atoms with Crippen molar-refractivity contribution in [1.29, 1.82) is 0 Å². The number of hydrogen-bond donors (Lipinski definition) is 2. The van der Waals surface area contributed by atoms with Crippen LogP contribution in [0.3, 0.4) is 0 Å². The first kappa shape index (κ1) is 18.5. The first-order valence-corrected chi connectivity index (χ1v) is 8.28. The van der Waals surface area contributed by atoms with Crippen molar-refractivity contribution in [2.24, 2.45) is 0 Å². The Morgan fingerprint density at radius 2 is 1.76 bits per heavy atom. The van der Waals surface area contributed by atoms with Crippen molar-refractivity contribution in [3.05, 3.63) is 59.7 Å². The molecule has 2 rings (SSSR count). The molecule has 0 aliphatic rings. The minimum Gasteiger partial charge on any atom is -0.484 e. The number of nitrogens with one attached hydrogen (secondary N) is 2. The lowest BCUT2D eigenvalue weighted by Gasteiger charge is -2.15. The zero-order valence-electron chi connectivity index (χ0n) is 14.8. The van der Waals surface area contributed by atoms with Crippen LogP contribution in [0, 0.1) is 6.92 Å². The molecule has 0 aliphatic heterocycles. The Bertz CT molecular complexity index is 726. The van der Waals surface area contributed by atoms with Gasteiger partial charge in [0.25, 0.3) is 5.91 Å². The molecule has 0 fully saturated rings. The monoisotopic (exact) mass is 340 g/mol. The molecule has 5 nitrogen and oxygen atoms in total. The second-order valence-corrected chi connectivity index (χ2v) is 6.09. The predicted octanol–water partition coefficient (Wildman–Crippen LogP) is 3.08. The molecular weight excluding hydrogens is 316 g/mol. The van der Waals surface area contributed by atoms with Gasteiger partial charge in [-0.2, -0.15) is 0 Å². The maximum Gasteiger partial charge on any atom is 0.258 e. The molecule has 1 unspecified atom stereocenters. The Kier molecular flexibility index (Phi) is 6.57. The van der Waals surface area contributed by atoms with Gasteiger partial charge in [-0.05, 0) is 55.7 Å². The topological polar surface area (TPSA) is 67.4 Å². The third-order valence-electron chi connectivity index (χ3n) is 3.74. The fraction of sp³-hybridized carbons (Fsp3) is 0.300. The van der Waals surface area contributed by atoms with E-state index >= 15 is 0 Å². The predicted molar refractivity (Wildman–Crippen MR) is 98.7 cm³/mol. The van der Waals surface area contributed by atoms with Crippen molar-refractivity contribution < 1.29 is 14.3 Å². The van der Waals surface area contributed by atoms with E-state index in [0.717, 1.165) is 6.42 Å². The van der Waals surface area contributed by atoms with Crippen LogP contribution in [0.25, 0.3) is 0 Å². The second-order valence-electron chi connectivity index (χ2n) is 6.09. The summed E-state index contributed by atoms with van der Waals surface area (Å²) in [6.07, 6.45) is 0.782. The van der Waals surface area contributed by atoms with E-state index < -0.39 is 0 Å². The van der Waals surface area contributed by atoms with Gasteiger partial charge in [0.2, 0.25) is 5.91 Å². The number of rotatable bonds is 7. The molecule has 0 heterocycles. The normalized spacial score (nSPS) is 11.5. The van der Waals surface area contributed by atoms with Gasteiger partial charge in [-0.1, -0.05) is 24.3 Å². The minimum atomic E-state index is -0.160. The SMILES string of the molecule is CC(=O)Nc1ccc(OCC(=O)NC(C)Cc2ccccc2C)cc1. The molecule has 0 saturated carbocycles. The van der Waals surface area contributed by atoms with E-state index in [9.17, 15) is 9.59 Å². The van der Waals surface area contributed by atoms with Crippen LogP contribution in [0.5, 0.6) is 5.75 Å². The van der Waals surface area contributed by atoms with Crippen LogP contribution in [0.2, 0.25) is 0 Å². The van der Waals surface area contributed by atoms with Crippen LogP contribution < -0.4 is 15.4 Å². The summed E-state index contributed by atoms with van der Waals surface area (Å²) in [5.41, 5.74) is 3.14. The second kappa shape index (κ2) is 8.87. The lowest BCUT2D eigenvalue weighted by molar-refractivity contribution is -0.123. The molecule has 2 aromatic rings. The molecule has 1 atom stereocenters. The fourth-order valence-corrected chi connectivity index (χ4v) is 2.52. The summed E-state index contributed by atoms with van der Waals surface area (Å²) in [6, 6.07) is 15.1. The van der Waals surface area contributed by atoms with E-state index in [0.29, 0.717) is 11.4 Å². The van der Waals surface area contributed by atoms with Crippen LogP contribution in [0.4, 0.5) is 5.69 Å². The third-order valence-corrected chi connectivity index (χ3v) is 3.74. The number of amides is 2. The first-order valence-electron chi connectivity index (χ1n) is 8.28. The van der Waals surface area contributed by atoms with Gasteiger partial charge in [-0.25, -0.2) is 0 Å². The highest BCUT2D eigenvalue weighted by Gasteiger charge is 2.10. The largest absolute Gasteiger partial charge is 0.484 e. The van der Waals surface area contributed by atoms with Gasteiger partial charge in [0, 0.05) is 18.7 Å². The average Bonchev–Trinajstić information content (AvgIpc) is 2.56. The summed E-state index contributed by atoms with van der Waals surface area (Å²) in [7, 11) is 0. The molecule has 132 valence electrons. The number of carbonyl (C=O) groups is 2. The maximum atomic E-state index is 12.0. The minimum absolute atomic E-state index is 0.0272. The van der Waals surface area contributed by atoms with Crippen molar-refractivity contribution in [2.45, 2.75) is 33.2 Å². The lowest BCUT2D eigenvalue weighted by atomic mass is 10.0. The third kappa shape index (κ3) is 6.30. The van der Waals surface area contributed by atoms with E-state index in [1.54, 1.807) is 24.3 Å². The highest BCUT2D eigenvalue weighted by molar-refractivity contribution is 5.88. The molecule has 0 radical (unpaired) electrons. The summed E-state index contributed by atoms with van der Waals surface area (Å²) in [4.78, 5) is 23.0. The van der Waals surface area contributed by atoms with Crippen molar-refractivity contribution in [3.63, 3.8) is 0 Å². The Morgan fingerprint density at radius 1 is 1.08 bits per heavy atom. The number of hydrogen-bond acceptors (Lipinski definition) is 3. The van der Waals surface area contributed by atoms with Crippen molar-refractivity contribution in [3.8, 4) is 5.75 Å². The van der Waals surface area contributed by atoms with E-state index in [1.165, 1.54) is 18.1 Å². The fourth-order valence-electron chi connectivity index (χ4n) is 2.52. The molecular formula is C20H24N2O3. The van der Waals surface area contributed by atoms with Gasteiger partial charge in [0.05, 0.1) is 0 Å². The molecule has 25 heavy (non-hydrogen) atoms. The lowest BCUT2D eigenvalue weighted by Crippen LogP contribution is -2.37. The van der Waals surface area contributed by atoms with Crippen LogP contribution in [0.1, 0.15) is 25.0 Å². The van der Waals surface area contributed by atoms with Gasteiger partial charge in [0.1, 0.15) is 5.75 Å². The van der Waals surface area contributed by atoms with Gasteiger partial charge >= 0.3 is 0 Å².